The van der Waals surface area contributed by atoms with E-state index in [9.17, 15) is 4.39 Å². The van der Waals surface area contributed by atoms with Crippen molar-refractivity contribution in [2.75, 3.05) is 33.3 Å². The van der Waals surface area contributed by atoms with Gasteiger partial charge in [-0.1, -0.05) is 0 Å². The molecule has 1 saturated heterocycles. The fourth-order valence-electron chi connectivity index (χ4n) is 3.00. The zero-order chi connectivity index (χ0) is 13.2. The van der Waals surface area contributed by atoms with E-state index in [0.29, 0.717) is 5.92 Å². The van der Waals surface area contributed by atoms with E-state index < -0.39 is 0 Å². The summed E-state index contributed by atoms with van der Waals surface area (Å²) < 4.78 is 19.5. The van der Waals surface area contributed by atoms with Crippen molar-refractivity contribution in [3.05, 3.63) is 29.6 Å². The van der Waals surface area contributed by atoms with Crippen LogP contribution in [0.25, 0.3) is 0 Å². The Morgan fingerprint density at radius 2 is 1.90 bits per heavy atom. The van der Waals surface area contributed by atoms with Gasteiger partial charge in [-0.3, -0.25) is 4.90 Å². The molecule has 0 unspecified atom stereocenters. The van der Waals surface area contributed by atoms with Crippen LogP contribution in [0.2, 0.25) is 0 Å². The van der Waals surface area contributed by atoms with Crippen molar-refractivity contribution in [2.45, 2.75) is 18.9 Å². The van der Waals surface area contributed by atoms with Crippen molar-refractivity contribution >= 4 is 24.8 Å². The second kappa shape index (κ2) is 8.18. The van der Waals surface area contributed by atoms with Gasteiger partial charge in [0.2, 0.25) is 0 Å². The monoisotopic (exact) mass is 336 g/mol. The molecule has 120 valence electrons. The summed E-state index contributed by atoms with van der Waals surface area (Å²) in [6, 6.07) is 5.32. The maximum absolute atomic E-state index is 14.2. The molecule has 2 aliphatic rings. The van der Waals surface area contributed by atoms with E-state index in [0.717, 1.165) is 37.5 Å². The van der Waals surface area contributed by atoms with Gasteiger partial charge in [0, 0.05) is 37.8 Å². The van der Waals surface area contributed by atoms with E-state index in [1.165, 1.54) is 18.9 Å². The molecule has 6 heteroatoms. The van der Waals surface area contributed by atoms with Crippen LogP contribution < -0.4 is 10.1 Å². The standard InChI is InChI=1S/C15H21FN2O.2ClH/c1-19-12-4-5-14(16)13(10-12)15(11-2-3-11)18-8-6-17-7-9-18;;/h4-5,10-11,15,17H,2-3,6-9H2,1H3;2*1H/t15-;;/m1../s1. The fraction of sp³-hybridized carbons (Fsp3) is 0.600. The molecular weight excluding hydrogens is 314 g/mol. The lowest BCUT2D eigenvalue weighted by Gasteiger charge is -2.35. The van der Waals surface area contributed by atoms with Crippen LogP contribution in [0.4, 0.5) is 4.39 Å². The number of methoxy groups -OCH3 is 1. The number of nitrogens with one attached hydrogen (secondary N) is 1. The third-order valence-electron chi connectivity index (χ3n) is 4.14. The van der Waals surface area contributed by atoms with Gasteiger partial charge in [0.05, 0.1) is 7.11 Å². The summed E-state index contributed by atoms with van der Waals surface area (Å²) in [7, 11) is 1.63. The molecule has 1 atom stereocenters. The highest BCUT2D eigenvalue weighted by Gasteiger charge is 2.38. The number of hydrogen-bond donors (Lipinski definition) is 1. The first-order valence-electron chi connectivity index (χ1n) is 7.08. The van der Waals surface area contributed by atoms with Crippen molar-refractivity contribution in [3.8, 4) is 5.75 Å². The van der Waals surface area contributed by atoms with Crippen LogP contribution in [0.3, 0.4) is 0 Å². The predicted molar refractivity (Wildman–Crippen MR) is 87.4 cm³/mol. The topological polar surface area (TPSA) is 24.5 Å². The molecule has 1 N–H and O–H groups in total. The highest BCUT2D eigenvalue weighted by Crippen LogP contribution is 2.45. The van der Waals surface area contributed by atoms with E-state index in [2.05, 4.69) is 10.2 Å². The van der Waals surface area contributed by atoms with Gasteiger partial charge in [0.15, 0.2) is 0 Å². The Bertz CT molecular complexity index is 451. The van der Waals surface area contributed by atoms with E-state index in [-0.39, 0.29) is 36.7 Å². The number of rotatable bonds is 4. The highest BCUT2D eigenvalue weighted by molar-refractivity contribution is 5.85. The summed E-state index contributed by atoms with van der Waals surface area (Å²) in [4.78, 5) is 2.42. The number of nitrogens with zero attached hydrogens (tertiary/aromatic N) is 1. The lowest BCUT2D eigenvalue weighted by atomic mass is 9.99. The quantitative estimate of drug-likeness (QED) is 0.914. The van der Waals surface area contributed by atoms with Gasteiger partial charge in [0.25, 0.3) is 0 Å². The minimum atomic E-state index is -0.101. The molecule has 1 saturated carbocycles. The number of benzene rings is 1. The third-order valence-corrected chi connectivity index (χ3v) is 4.14. The highest BCUT2D eigenvalue weighted by atomic mass is 35.5. The fourth-order valence-corrected chi connectivity index (χ4v) is 3.00. The minimum absolute atomic E-state index is 0. The molecule has 0 bridgehead atoms. The summed E-state index contributed by atoms with van der Waals surface area (Å²) >= 11 is 0. The summed E-state index contributed by atoms with van der Waals surface area (Å²) in [6.45, 7) is 3.99. The molecule has 1 aliphatic carbocycles. The maximum Gasteiger partial charge on any atom is 0.128 e. The van der Waals surface area contributed by atoms with Crippen LogP contribution in [0.15, 0.2) is 18.2 Å². The zero-order valence-electron chi connectivity index (χ0n) is 12.2. The molecule has 3 rings (SSSR count). The molecule has 1 aromatic carbocycles. The first-order valence-corrected chi connectivity index (χ1v) is 7.08. The van der Waals surface area contributed by atoms with E-state index in [4.69, 9.17) is 4.74 Å². The Balaban J connectivity index is 0.00000110. The van der Waals surface area contributed by atoms with Crippen molar-refractivity contribution in [1.82, 2.24) is 10.2 Å². The van der Waals surface area contributed by atoms with Crippen LogP contribution in [0.5, 0.6) is 5.75 Å². The Labute approximate surface area is 138 Å². The molecule has 1 heterocycles. The number of hydrogen-bond acceptors (Lipinski definition) is 3. The van der Waals surface area contributed by atoms with E-state index in [1.807, 2.05) is 6.07 Å². The van der Waals surface area contributed by atoms with Crippen LogP contribution in [0.1, 0.15) is 24.4 Å². The first kappa shape index (κ1) is 18.5. The van der Waals surface area contributed by atoms with Crippen LogP contribution in [-0.4, -0.2) is 38.2 Å². The number of piperazine rings is 1. The van der Waals surface area contributed by atoms with Crippen LogP contribution >= 0.6 is 24.8 Å². The van der Waals surface area contributed by atoms with Crippen molar-refractivity contribution in [1.29, 1.82) is 0 Å². The normalized spacial score (nSPS) is 20.1. The van der Waals surface area contributed by atoms with Gasteiger partial charge >= 0.3 is 0 Å². The molecule has 0 spiro atoms. The molecular formula is C15H23Cl2FN2O. The van der Waals surface area contributed by atoms with Gasteiger partial charge in [0.1, 0.15) is 11.6 Å². The van der Waals surface area contributed by atoms with Gasteiger partial charge in [-0.25, -0.2) is 4.39 Å². The minimum Gasteiger partial charge on any atom is -0.497 e. The molecule has 3 nitrogen and oxygen atoms in total. The van der Waals surface area contributed by atoms with Gasteiger partial charge in [-0.05, 0) is 37.0 Å². The lowest BCUT2D eigenvalue weighted by Crippen LogP contribution is -2.45. The Hall–Kier alpha value is -0.550. The molecule has 1 aromatic rings. The van der Waals surface area contributed by atoms with Crippen molar-refractivity contribution < 1.29 is 9.13 Å². The Kier molecular flexibility index (Phi) is 7.21. The molecule has 1 aliphatic heterocycles. The lowest BCUT2D eigenvalue weighted by molar-refractivity contribution is 0.153. The van der Waals surface area contributed by atoms with Crippen molar-refractivity contribution in [2.24, 2.45) is 5.92 Å². The summed E-state index contributed by atoms with van der Waals surface area (Å²) in [5.41, 5.74) is 0.809. The predicted octanol–water partition coefficient (Wildman–Crippen LogP) is 3.03. The maximum atomic E-state index is 14.2. The van der Waals surface area contributed by atoms with Crippen LogP contribution in [0, 0.1) is 11.7 Å². The SMILES string of the molecule is COc1ccc(F)c([C@@H](C2CC2)N2CCNCC2)c1.Cl.Cl. The Morgan fingerprint density at radius 1 is 1.24 bits per heavy atom. The molecule has 0 amide bonds. The largest absolute Gasteiger partial charge is 0.497 e. The summed E-state index contributed by atoms with van der Waals surface area (Å²) in [6.07, 6.45) is 2.43. The van der Waals surface area contributed by atoms with Gasteiger partial charge in [-0.15, -0.1) is 24.8 Å². The average Bonchev–Trinajstić information content (AvgIpc) is 3.27. The number of ether oxygens (including phenoxy) is 1. The van der Waals surface area contributed by atoms with E-state index in [1.54, 1.807) is 13.2 Å². The first-order chi connectivity index (χ1) is 9.29. The smallest absolute Gasteiger partial charge is 0.128 e. The average molecular weight is 337 g/mol. The molecule has 2 fully saturated rings. The number of halogens is 3. The molecule has 21 heavy (non-hydrogen) atoms. The molecule has 0 aromatic heterocycles. The zero-order valence-corrected chi connectivity index (χ0v) is 13.8. The molecule has 0 radical (unpaired) electrons. The van der Waals surface area contributed by atoms with Crippen LogP contribution in [-0.2, 0) is 0 Å². The Morgan fingerprint density at radius 3 is 2.48 bits per heavy atom. The third kappa shape index (κ3) is 4.22. The van der Waals surface area contributed by atoms with Gasteiger partial charge < -0.3 is 10.1 Å². The van der Waals surface area contributed by atoms with Gasteiger partial charge in [-0.2, -0.15) is 0 Å². The summed E-state index contributed by atoms with van der Waals surface area (Å²) in [5, 5.41) is 3.36. The second-order valence-electron chi connectivity index (χ2n) is 5.46. The van der Waals surface area contributed by atoms with E-state index >= 15 is 0 Å². The second-order valence-corrected chi connectivity index (χ2v) is 5.46. The summed E-state index contributed by atoms with van der Waals surface area (Å²) in [5.74, 6) is 1.26. The van der Waals surface area contributed by atoms with Crippen molar-refractivity contribution in [3.63, 3.8) is 0 Å².